The number of carboxylic acid groups (broad SMARTS) is 1. The smallest absolute Gasteiger partial charge is 0.336 e. The van der Waals surface area contributed by atoms with Gasteiger partial charge in [0, 0.05) is 0 Å². The molecule has 0 saturated heterocycles. The molecule has 0 fully saturated rings. The summed E-state index contributed by atoms with van der Waals surface area (Å²) in [7, 11) is 3.11. The molecule has 4 heteroatoms. The van der Waals surface area contributed by atoms with Crippen molar-refractivity contribution in [2.75, 3.05) is 14.2 Å². The highest BCUT2D eigenvalue weighted by Gasteiger charge is 2.14. The Balaban J connectivity index is 2.61. The first kappa shape index (κ1) is 13.9. The van der Waals surface area contributed by atoms with Crippen molar-refractivity contribution in [1.29, 1.82) is 0 Å². The fourth-order valence-corrected chi connectivity index (χ4v) is 2.09. The van der Waals surface area contributed by atoms with Gasteiger partial charge in [-0.2, -0.15) is 0 Å². The van der Waals surface area contributed by atoms with Gasteiger partial charge in [0.25, 0.3) is 0 Å². The first-order valence-electron chi connectivity index (χ1n) is 6.13. The van der Waals surface area contributed by atoms with Crippen LogP contribution in [0, 0.1) is 6.92 Å². The largest absolute Gasteiger partial charge is 0.493 e. The maximum absolute atomic E-state index is 11.3. The number of hydrogen-bond donors (Lipinski definition) is 1. The summed E-state index contributed by atoms with van der Waals surface area (Å²) in [6.07, 6.45) is 0. The third-order valence-corrected chi connectivity index (χ3v) is 3.10. The van der Waals surface area contributed by atoms with Crippen LogP contribution in [0.1, 0.15) is 15.9 Å². The second-order valence-electron chi connectivity index (χ2n) is 4.42. The summed E-state index contributed by atoms with van der Waals surface area (Å²) in [4.78, 5) is 11.3. The number of aromatic carboxylic acids is 1. The van der Waals surface area contributed by atoms with E-state index in [1.165, 1.54) is 0 Å². The van der Waals surface area contributed by atoms with Crippen molar-refractivity contribution >= 4 is 5.97 Å². The molecule has 4 nitrogen and oxygen atoms in total. The number of aryl methyl sites for hydroxylation is 1. The number of carbonyl (C=O) groups is 1. The van der Waals surface area contributed by atoms with Gasteiger partial charge < -0.3 is 14.6 Å². The van der Waals surface area contributed by atoms with Crippen molar-refractivity contribution in [3.63, 3.8) is 0 Å². The Morgan fingerprint density at radius 1 is 1.00 bits per heavy atom. The van der Waals surface area contributed by atoms with Gasteiger partial charge >= 0.3 is 5.97 Å². The molecule has 20 heavy (non-hydrogen) atoms. The molecule has 0 radical (unpaired) electrons. The predicted octanol–water partition coefficient (Wildman–Crippen LogP) is 3.38. The molecule has 2 aromatic carbocycles. The lowest BCUT2D eigenvalue weighted by Crippen LogP contribution is -2.00. The zero-order chi connectivity index (χ0) is 14.7. The Kier molecular flexibility index (Phi) is 3.94. The normalized spacial score (nSPS) is 10.2. The molecule has 0 aliphatic heterocycles. The third-order valence-electron chi connectivity index (χ3n) is 3.10. The van der Waals surface area contributed by atoms with Crippen LogP contribution in [0.4, 0.5) is 0 Å². The van der Waals surface area contributed by atoms with E-state index in [0.717, 1.165) is 11.1 Å². The van der Waals surface area contributed by atoms with Gasteiger partial charge in [-0.1, -0.05) is 23.8 Å². The van der Waals surface area contributed by atoms with Gasteiger partial charge in [-0.25, -0.2) is 4.79 Å². The zero-order valence-corrected chi connectivity index (χ0v) is 11.6. The predicted molar refractivity (Wildman–Crippen MR) is 76.7 cm³/mol. The maximum atomic E-state index is 11.3. The van der Waals surface area contributed by atoms with E-state index < -0.39 is 5.97 Å². The Hall–Kier alpha value is -2.49. The van der Waals surface area contributed by atoms with Gasteiger partial charge in [0.2, 0.25) is 0 Å². The Morgan fingerprint density at radius 2 is 1.70 bits per heavy atom. The van der Waals surface area contributed by atoms with Gasteiger partial charge in [-0.3, -0.25) is 0 Å². The third kappa shape index (κ3) is 2.59. The van der Waals surface area contributed by atoms with Gasteiger partial charge in [0.15, 0.2) is 11.5 Å². The van der Waals surface area contributed by atoms with Crippen LogP contribution in [0.3, 0.4) is 0 Å². The summed E-state index contributed by atoms with van der Waals surface area (Å²) >= 11 is 0. The Morgan fingerprint density at radius 3 is 2.30 bits per heavy atom. The van der Waals surface area contributed by atoms with Crippen molar-refractivity contribution in [2.24, 2.45) is 0 Å². The molecule has 0 saturated carbocycles. The van der Waals surface area contributed by atoms with Crippen LogP contribution in [0.5, 0.6) is 11.5 Å². The highest BCUT2D eigenvalue weighted by Crippen LogP contribution is 2.34. The molecule has 2 aromatic rings. The lowest BCUT2D eigenvalue weighted by atomic mass is 9.97. The molecule has 0 heterocycles. The average molecular weight is 272 g/mol. The second kappa shape index (κ2) is 5.65. The first-order valence-corrected chi connectivity index (χ1v) is 6.13. The molecule has 0 bridgehead atoms. The minimum Gasteiger partial charge on any atom is -0.493 e. The van der Waals surface area contributed by atoms with Gasteiger partial charge in [0.05, 0.1) is 19.8 Å². The summed E-state index contributed by atoms with van der Waals surface area (Å²) in [6, 6.07) is 10.6. The lowest BCUT2D eigenvalue weighted by Gasteiger charge is -2.12. The minimum atomic E-state index is -0.949. The van der Waals surface area contributed by atoms with Crippen molar-refractivity contribution in [3.8, 4) is 22.6 Å². The van der Waals surface area contributed by atoms with E-state index in [1.54, 1.807) is 38.5 Å². The number of methoxy groups -OCH3 is 2. The van der Waals surface area contributed by atoms with Crippen LogP contribution in [-0.4, -0.2) is 25.3 Å². The topological polar surface area (TPSA) is 55.8 Å². The van der Waals surface area contributed by atoms with Crippen molar-refractivity contribution in [2.45, 2.75) is 6.92 Å². The van der Waals surface area contributed by atoms with Gasteiger partial charge in [-0.05, 0) is 36.2 Å². The van der Waals surface area contributed by atoms with Gasteiger partial charge in [0.1, 0.15) is 0 Å². The van der Waals surface area contributed by atoms with E-state index >= 15 is 0 Å². The quantitative estimate of drug-likeness (QED) is 0.927. The highest BCUT2D eigenvalue weighted by atomic mass is 16.5. The molecule has 0 spiro atoms. The molecule has 0 aromatic heterocycles. The number of benzene rings is 2. The molecular formula is C16H16O4. The molecule has 2 rings (SSSR count). The number of rotatable bonds is 4. The number of carboxylic acids is 1. The summed E-state index contributed by atoms with van der Waals surface area (Å²) in [5, 5.41) is 9.29. The van der Waals surface area contributed by atoms with Crippen LogP contribution >= 0.6 is 0 Å². The van der Waals surface area contributed by atoms with E-state index in [4.69, 9.17) is 9.47 Å². The molecular weight excluding hydrogens is 256 g/mol. The van der Waals surface area contributed by atoms with Crippen LogP contribution in [0.15, 0.2) is 36.4 Å². The molecule has 0 amide bonds. The van der Waals surface area contributed by atoms with Crippen LogP contribution < -0.4 is 9.47 Å². The van der Waals surface area contributed by atoms with E-state index in [0.29, 0.717) is 17.1 Å². The molecule has 1 N–H and O–H groups in total. The maximum Gasteiger partial charge on any atom is 0.336 e. The van der Waals surface area contributed by atoms with Crippen molar-refractivity contribution in [3.05, 3.63) is 47.5 Å². The lowest BCUT2D eigenvalue weighted by molar-refractivity contribution is 0.0697. The van der Waals surface area contributed by atoms with Crippen LogP contribution in [0.25, 0.3) is 11.1 Å². The van der Waals surface area contributed by atoms with E-state index in [2.05, 4.69) is 0 Å². The van der Waals surface area contributed by atoms with Crippen LogP contribution in [-0.2, 0) is 0 Å². The standard InChI is InChI=1S/C16H16O4/c1-10-4-6-12(16(17)18)13(8-10)11-5-7-14(19-2)15(9-11)20-3/h4-9H,1-3H3,(H,17,18). The Labute approximate surface area is 117 Å². The van der Waals surface area contributed by atoms with E-state index in [1.807, 2.05) is 19.1 Å². The number of hydrogen-bond acceptors (Lipinski definition) is 3. The van der Waals surface area contributed by atoms with E-state index in [-0.39, 0.29) is 5.56 Å². The summed E-state index contributed by atoms with van der Waals surface area (Å²) < 4.78 is 10.4. The minimum absolute atomic E-state index is 0.266. The highest BCUT2D eigenvalue weighted by molar-refractivity contribution is 5.96. The van der Waals surface area contributed by atoms with Crippen molar-refractivity contribution < 1.29 is 19.4 Å². The first-order chi connectivity index (χ1) is 9.56. The molecule has 0 unspecified atom stereocenters. The second-order valence-corrected chi connectivity index (χ2v) is 4.42. The van der Waals surface area contributed by atoms with Gasteiger partial charge in [-0.15, -0.1) is 0 Å². The summed E-state index contributed by atoms with van der Waals surface area (Å²) in [5.41, 5.74) is 2.71. The molecule has 0 atom stereocenters. The summed E-state index contributed by atoms with van der Waals surface area (Å²) in [6.45, 7) is 1.93. The monoisotopic (exact) mass is 272 g/mol. The fraction of sp³-hybridized carbons (Fsp3) is 0.188. The Bertz CT molecular complexity index is 647. The van der Waals surface area contributed by atoms with Crippen molar-refractivity contribution in [1.82, 2.24) is 0 Å². The summed E-state index contributed by atoms with van der Waals surface area (Å²) in [5.74, 6) is 0.235. The SMILES string of the molecule is COc1ccc(-c2cc(C)ccc2C(=O)O)cc1OC. The zero-order valence-electron chi connectivity index (χ0n) is 11.6. The molecule has 104 valence electrons. The van der Waals surface area contributed by atoms with E-state index in [9.17, 15) is 9.90 Å². The van der Waals surface area contributed by atoms with Crippen LogP contribution in [0.2, 0.25) is 0 Å². The fourth-order valence-electron chi connectivity index (χ4n) is 2.09. The average Bonchev–Trinajstić information content (AvgIpc) is 2.46. The number of ether oxygens (including phenoxy) is 2. The molecule has 0 aliphatic rings. The molecule has 0 aliphatic carbocycles.